The van der Waals surface area contributed by atoms with Gasteiger partial charge in [-0.15, -0.1) is 22.7 Å². The molecule has 0 radical (unpaired) electrons. The van der Waals surface area contributed by atoms with Crippen LogP contribution in [0.4, 0.5) is 5.00 Å². The molecule has 0 spiro atoms. The second-order valence-electron chi connectivity index (χ2n) is 9.97. The van der Waals surface area contributed by atoms with Crippen molar-refractivity contribution in [2.75, 3.05) is 19.5 Å². The highest BCUT2D eigenvalue weighted by atomic mass is 32.1. The molecule has 0 atom stereocenters. The highest BCUT2D eigenvalue weighted by Crippen LogP contribution is 2.50. The first-order valence-corrected chi connectivity index (χ1v) is 13.1. The third-order valence-corrected chi connectivity index (χ3v) is 8.72. The zero-order chi connectivity index (χ0) is 25.0. The number of anilines is 1. The van der Waals surface area contributed by atoms with Gasteiger partial charge in [-0.2, -0.15) is 0 Å². The Bertz CT molecular complexity index is 1380. The number of methoxy groups -OCH3 is 2. The Morgan fingerprint density at radius 2 is 1.71 bits per heavy atom. The molecule has 35 heavy (non-hydrogen) atoms. The summed E-state index contributed by atoms with van der Waals surface area (Å²) in [6, 6.07) is 13.3. The summed E-state index contributed by atoms with van der Waals surface area (Å²) >= 11 is 3.29. The van der Waals surface area contributed by atoms with E-state index in [0.29, 0.717) is 17.1 Å². The van der Waals surface area contributed by atoms with Crippen molar-refractivity contribution >= 4 is 43.8 Å². The molecule has 8 heteroatoms. The monoisotopic (exact) mass is 507 g/mol. The fraction of sp³-hybridized carbons (Fsp3) is 0.333. The van der Waals surface area contributed by atoms with E-state index in [0.717, 1.165) is 32.2 Å². The van der Waals surface area contributed by atoms with E-state index in [1.807, 2.05) is 18.2 Å². The lowest BCUT2D eigenvalue weighted by atomic mass is 9.81. The van der Waals surface area contributed by atoms with Crippen molar-refractivity contribution < 1.29 is 14.3 Å². The Kier molecular flexibility index (Phi) is 5.86. The van der Waals surface area contributed by atoms with Crippen molar-refractivity contribution in [1.82, 2.24) is 10.3 Å². The van der Waals surface area contributed by atoms with Crippen LogP contribution in [0.25, 0.3) is 20.8 Å². The Balaban J connectivity index is 1.65. The van der Waals surface area contributed by atoms with Gasteiger partial charge in [0, 0.05) is 33.1 Å². The number of carbonyl (C=O) groups is 1. The number of hydrogen-bond donors (Lipinski definition) is 2. The molecular formula is C27H29N3O3S2. The van der Waals surface area contributed by atoms with E-state index in [9.17, 15) is 4.79 Å². The summed E-state index contributed by atoms with van der Waals surface area (Å²) in [5.74, 6) is 0.921. The molecule has 1 aliphatic heterocycles. The van der Waals surface area contributed by atoms with Crippen molar-refractivity contribution in [3.05, 3.63) is 58.5 Å². The van der Waals surface area contributed by atoms with Crippen LogP contribution in [0, 0.1) is 0 Å². The van der Waals surface area contributed by atoms with E-state index >= 15 is 0 Å². The zero-order valence-electron chi connectivity index (χ0n) is 20.7. The smallest absolute Gasteiger partial charge is 0.256 e. The number of nitrogens with zero attached hydrogens (tertiary/aromatic N) is 1. The summed E-state index contributed by atoms with van der Waals surface area (Å²) in [5.41, 5.74) is 3.38. The molecule has 1 amide bonds. The van der Waals surface area contributed by atoms with Crippen molar-refractivity contribution in [2.24, 2.45) is 0 Å². The van der Waals surface area contributed by atoms with Crippen molar-refractivity contribution in [3.63, 3.8) is 0 Å². The number of nitrogens with one attached hydrogen (secondary N) is 2. The second kappa shape index (κ2) is 8.62. The molecule has 6 nitrogen and oxygen atoms in total. The van der Waals surface area contributed by atoms with Crippen LogP contribution in [0.2, 0.25) is 0 Å². The van der Waals surface area contributed by atoms with Gasteiger partial charge in [0.05, 0.1) is 24.4 Å². The molecule has 2 N–H and O–H groups in total. The maximum absolute atomic E-state index is 13.5. The fourth-order valence-electron chi connectivity index (χ4n) is 4.93. The minimum Gasteiger partial charge on any atom is -0.497 e. The Morgan fingerprint density at radius 1 is 1.03 bits per heavy atom. The van der Waals surface area contributed by atoms with Crippen LogP contribution in [-0.2, 0) is 12.0 Å². The summed E-state index contributed by atoms with van der Waals surface area (Å²) in [4.78, 5) is 19.7. The van der Waals surface area contributed by atoms with Gasteiger partial charge in [-0.1, -0.05) is 12.1 Å². The van der Waals surface area contributed by atoms with Gasteiger partial charge in [0.15, 0.2) is 0 Å². The molecule has 3 heterocycles. The molecule has 2 aromatic heterocycles. The van der Waals surface area contributed by atoms with Crippen LogP contribution in [0.15, 0.2) is 42.5 Å². The highest BCUT2D eigenvalue weighted by Gasteiger charge is 2.41. The van der Waals surface area contributed by atoms with Crippen LogP contribution in [0.1, 0.15) is 48.5 Å². The van der Waals surface area contributed by atoms with Crippen LogP contribution in [-0.4, -0.2) is 30.6 Å². The highest BCUT2D eigenvalue weighted by molar-refractivity contribution is 7.23. The number of thiazole rings is 1. The predicted molar refractivity (Wildman–Crippen MR) is 144 cm³/mol. The van der Waals surface area contributed by atoms with Crippen LogP contribution in [0.5, 0.6) is 11.5 Å². The lowest BCUT2D eigenvalue weighted by Crippen LogP contribution is -2.54. The van der Waals surface area contributed by atoms with E-state index in [1.54, 1.807) is 55.1 Å². The topological polar surface area (TPSA) is 72.5 Å². The number of benzene rings is 2. The zero-order valence-corrected chi connectivity index (χ0v) is 22.4. The number of para-hydroxylation sites is 1. The molecule has 5 rings (SSSR count). The van der Waals surface area contributed by atoms with Crippen molar-refractivity contribution in [1.29, 1.82) is 0 Å². The number of thiophene rings is 1. The first kappa shape index (κ1) is 23.8. The summed E-state index contributed by atoms with van der Waals surface area (Å²) < 4.78 is 11.9. The molecule has 182 valence electrons. The number of hydrogen-bond acceptors (Lipinski definition) is 7. The van der Waals surface area contributed by atoms with E-state index < -0.39 is 0 Å². The molecule has 0 aliphatic carbocycles. The largest absolute Gasteiger partial charge is 0.497 e. The number of fused-ring (bicyclic) bond motifs is 2. The number of carbonyl (C=O) groups excluding carboxylic acids is 1. The average Bonchev–Trinajstić information content (AvgIpc) is 3.38. The number of aromatic nitrogens is 1. The standard InChI is InChI=1S/C27H29N3O3S2/c1-26(2)14-18-21(24-28-19-9-7-8-10-20(19)34-24)25(35-22(18)27(3,4)30-26)29-23(31)15-11-16(32-5)13-17(12-15)33-6/h7-13,30H,14H2,1-6H3,(H,29,31). The van der Waals surface area contributed by atoms with Gasteiger partial charge in [-0.05, 0) is 63.9 Å². The van der Waals surface area contributed by atoms with Gasteiger partial charge in [-0.3, -0.25) is 4.79 Å². The van der Waals surface area contributed by atoms with Gasteiger partial charge in [0.1, 0.15) is 21.5 Å². The van der Waals surface area contributed by atoms with E-state index in [4.69, 9.17) is 14.5 Å². The molecule has 0 bridgehead atoms. The Labute approximate surface area is 213 Å². The van der Waals surface area contributed by atoms with Crippen LogP contribution < -0.4 is 20.1 Å². The summed E-state index contributed by atoms with van der Waals surface area (Å²) in [5, 5.41) is 8.71. The third kappa shape index (κ3) is 4.42. The minimum atomic E-state index is -0.241. The van der Waals surface area contributed by atoms with E-state index in [-0.39, 0.29) is 17.0 Å². The molecule has 0 saturated carbocycles. The molecule has 4 aromatic rings. The van der Waals surface area contributed by atoms with Crippen LogP contribution >= 0.6 is 22.7 Å². The predicted octanol–water partition coefficient (Wildman–Crippen LogP) is 6.45. The quantitative estimate of drug-likeness (QED) is 0.325. The number of amides is 1. The van der Waals surface area contributed by atoms with Gasteiger partial charge in [-0.25, -0.2) is 4.98 Å². The van der Waals surface area contributed by atoms with E-state index in [2.05, 4.69) is 44.4 Å². The van der Waals surface area contributed by atoms with E-state index in [1.165, 1.54) is 10.4 Å². The first-order valence-electron chi connectivity index (χ1n) is 11.5. The minimum absolute atomic E-state index is 0.0928. The molecule has 0 fully saturated rings. The second-order valence-corrected chi connectivity index (χ2v) is 12.0. The molecule has 2 aromatic carbocycles. The first-order chi connectivity index (χ1) is 16.6. The van der Waals surface area contributed by atoms with Gasteiger partial charge < -0.3 is 20.1 Å². The number of ether oxygens (including phenoxy) is 2. The third-order valence-electron chi connectivity index (χ3n) is 6.19. The molecule has 0 saturated heterocycles. The summed E-state index contributed by atoms with van der Waals surface area (Å²) in [7, 11) is 3.15. The number of rotatable bonds is 5. The van der Waals surface area contributed by atoms with Gasteiger partial charge in [0.25, 0.3) is 5.91 Å². The van der Waals surface area contributed by atoms with Gasteiger partial charge in [0.2, 0.25) is 0 Å². The lowest BCUT2D eigenvalue weighted by molar-refractivity contribution is 0.102. The fourth-order valence-corrected chi connectivity index (χ4v) is 7.32. The average molecular weight is 508 g/mol. The molecular weight excluding hydrogens is 478 g/mol. The molecule has 0 unspecified atom stereocenters. The van der Waals surface area contributed by atoms with Crippen LogP contribution in [0.3, 0.4) is 0 Å². The Hall–Kier alpha value is -2.94. The summed E-state index contributed by atoms with van der Waals surface area (Å²) in [6.07, 6.45) is 0.844. The van der Waals surface area contributed by atoms with Gasteiger partial charge >= 0.3 is 0 Å². The van der Waals surface area contributed by atoms with Crippen molar-refractivity contribution in [3.8, 4) is 22.1 Å². The maximum atomic E-state index is 13.5. The van der Waals surface area contributed by atoms with Crippen molar-refractivity contribution in [2.45, 2.75) is 45.2 Å². The Morgan fingerprint density at radius 3 is 2.37 bits per heavy atom. The molecule has 1 aliphatic rings. The maximum Gasteiger partial charge on any atom is 0.256 e. The lowest BCUT2D eigenvalue weighted by Gasteiger charge is -2.42. The normalized spacial score (nSPS) is 16.1. The SMILES string of the molecule is COc1cc(OC)cc(C(=O)Nc2sc3c(c2-c2nc4ccccc4s2)CC(C)(C)NC3(C)C)c1. The summed E-state index contributed by atoms with van der Waals surface area (Å²) in [6.45, 7) is 8.84.